The van der Waals surface area contributed by atoms with Crippen molar-refractivity contribution in [2.75, 3.05) is 0 Å². The zero-order valence-corrected chi connectivity index (χ0v) is 20.8. The third kappa shape index (κ3) is 3.30. The van der Waals surface area contributed by atoms with Crippen LogP contribution in [-0.2, 0) is 0 Å². The Labute approximate surface area is 216 Å². The third-order valence-electron chi connectivity index (χ3n) is 7.16. The van der Waals surface area contributed by atoms with Gasteiger partial charge in [0.1, 0.15) is 0 Å². The highest BCUT2D eigenvalue weighted by Crippen LogP contribution is 2.43. The van der Waals surface area contributed by atoms with Gasteiger partial charge in [-0.15, -0.1) is 0 Å². The van der Waals surface area contributed by atoms with Crippen LogP contribution in [0.25, 0.3) is 10.8 Å². The van der Waals surface area contributed by atoms with Gasteiger partial charge >= 0.3 is 6.03 Å². The van der Waals surface area contributed by atoms with Gasteiger partial charge in [0.05, 0.1) is 16.5 Å². The van der Waals surface area contributed by atoms with E-state index >= 15 is 0 Å². The average Bonchev–Trinajstić information content (AvgIpc) is 2.94. The summed E-state index contributed by atoms with van der Waals surface area (Å²) in [6.45, 7) is 4.15. The van der Waals surface area contributed by atoms with E-state index in [-0.39, 0.29) is 0 Å². The Morgan fingerprint density at radius 3 is 1.81 bits per heavy atom. The molecule has 4 nitrogen and oxygen atoms in total. The Morgan fingerprint density at radius 2 is 1.11 bits per heavy atom. The summed E-state index contributed by atoms with van der Waals surface area (Å²) in [5.41, 5.74) is 6.08. The Hall–Kier alpha value is -4.70. The molecule has 1 spiro atoms. The summed E-state index contributed by atoms with van der Waals surface area (Å²) in [6.07, 6.45) is 4.29. The lowest BCUT2D eigenvalue weighted by molar-refractivity contribution is -0.855. The van der Waals surface area contributed by atoms with Crippen molar-refractivity contribution in [3.05, 3.63) is 131 Å². The summed E-state index contributed by atoms with van der Waals surface area (Å²) in [6, 6.07) is 36.2. The molecule has 7 rings (SSSR count). The summed E-state index contributed by atoms with van der Waals surface area (Å²) in [5.74, 6) is 1.62. The zero-order chi connectivity index (χ0) is 25.0. The number of fused-ring (bicyclic) bond motifs is 3. The molecule has 0 aliphatic carbocycles. The first kappa shape index (κ1) is 21.6. The first-order valence-corrected chi connectivity index (χ1v) is 12.5. The molecule has 4 heteroatoms. The second kappa shape index (κ2) is 8.17. The normalized spacial score (nSPS) is 17.8. The fraction of sp³-hybridized carbons (Fsp3) is 0.0909. The lowest BCUT2D eigenvalue weighted by atomic mass is 10.1. The van der Waals surface area contributed by atoms with Crippen molar-refractivity contribution in [2.45, 2.75) is 19.9 Å². The van der Waals surface area contributed by atoms with Crippen molar-refractivity contribution in [3.63, 3.8) is 0 Å². The van der Waals surface area contributed by atoms with Crippen LogP contribution in [0.2, 0.25) is 0 Å². The predicted molar refractivity (Wildman–Crippen MR) is 147 cm³/mol. The van der Waals surface area contributed by atoms with Crippen LogP contribution in [0.15, 0.2) is 109 Å². The van der Waals surface area contributed by atoms with Crippen LogP contribution >= 0.6 is 0 Å². The monoisotopic (exact) mass is 482 g/mol. The van der Waals surface area contributed by atoms with Crippen LogP contribution in [0.3, 0.4) is 0 Å². The second-order valence-electron chi connectivity index (χ2n) is 9.57. The van der Waals surface area contributed by atoms with E-state index in [9.17, 15) is 0 Å². The Morgan fingerprint density at radius 1 is 0.541 bits per heavy atom. The lowest BCUT2D eigenvalue weighted by Crippen LogP contribution is -2.62. The van der Waals surface area contributed by atoms with Gasteiger partial charge < -0.3 is 9.47 Å². The molecule has 2 aliphatic rings. The van der Waals surface area contributed by atoms with Crippen molar-refractivity contribution in [2.24, 2.45) is 0 Å². The highest BCUT2D eigenvalue weighted by molar-refractivity contribution is 5.92. The van der Waals surface area contributed by atoms with Gasteiger partial charge in [-0.25, -0.2) is 0 Å². The standard InChI is InChI=1S/C33H26N2O2/c1-23-11-8-15-26-21-34(28-17-4-3-5-18-28)33(36-31(23)26)35(22-27-16-9-12-24(2)32(27)37-33)30-20-10-14-25-13-6-7-19-29(25)30/h3-22H,1-2H3/q+2. The summed E-state index contributed by atoms with van der Waals surface area (Å²) >= 11 is 0. The molecule has 0 bridgehead atoms. The zero-order valence-electron chi connectivity index (χ0n) is 20.8. The molecule has 0 fully saturated rings. The van der Waals surface area contributed by atoms with Gasteiger partial charge in [-0.05, 0) is 48.6 Å². The molecule has 2 heterocycles. The first-order chi connectivity index (χ1) is 18.1. The third-order valence-corrected chi connectivity index (χ3v) is 7.16. The first-order valence-electron chi connectivity index (χ1n) is 12.5. The number of ether oxygens (including phenoxy) is 2. The number of para-hydroxylation sites is 3. The predicted octanol–water partition coefficient (Wildman–Crippen LogP) is 7.08. The number of hydrogen-bond donors (Lipinski definition) is 0. The maximum atomic E-state index is 7.05. The van der Waals surface area contributed by atoms with Gasteiger partial charge in [0.15, 0.2) is 23.9 Å². The molecule has 0 amide bonds. The maximum absolute atomic E-state index is 7.05. The summed E-state index contributed by atoms with van der Waals surface area (Å²) in [7, 11) is 0. The molecule has 0 radical (unpaired) electrons. The second-order valence-corrected chi connectivity index (χ2v) is 9.57. The molecule has 0 saturated carbocycles. The van der Waals surface area contributed by atoms with E-state index in [1.54, 1.807) is 0 Å². The fourth-order valence-electron chi connectivity index (χ4n) is 5.34. The number of rotatable bonds is 2. The highest BCUT2D eigenvalue weighted by atomic mass is 16.7. The molecule has 5 aromatic rings. The molecule has 0 aromatic heterocycles. The number of benzene rings is 5. The lowest BCUT2D eigenvalue weighted by Gasteiger charge is -2.32. The SMILES string of the molecule is Cc1cccc2c1OC1(Oc3c(C)cccc3C=[N+]1c1cccc3ccccc13)[N+](c1ccccc1)=C2. The molecule has 5 aromatic carbocycles. The minimum absolute atomic E-state index is 0.811. The quantitative estimate of drug-likeness (QED) is 0.251. The van der Waals surface area contributed by atoms with Crippen molar-refractivity contribution >= 4 is 34.6 Å². The molecule has 1 atom stereocenters. The minimum atomic E-state index is -1.33. The Balaban J connectivity index is 1.59. The number of aryl methyl sites for hydroxylation is 2. The van der Waals surface area contributed by atoms with E-state index in [0.29, 0.717) is 0 Å². The molecule has 2 aliphatic heterocycles. The summed E-state index contributed by atoms with van der Waals surface area (Å²) < 4.78 is 18.3. The summed E-state index contributed by atoms with van der Waals surface area (Å²) in [4.78, 5) is 0. The van der Waals surface area contributed by atoms with Crippen molar-refractivity contribution < 1.29 is 18.6 Å². The molecule has 0 N–H and O–H groups in total. The van der Waals surface area contributed by atoms with Gasteiger partial charge in [-0.3, -0.25) is 0 Å². The van der Waals surface area contributed by atoms with Crippen LogP contribution < -0.4 is 9.47 Å². The molecule has 1 unspecified atom stereocenters. The van der Waals surface area contributed by atoms with Crippen LogP contribution in [0, 0.1) is 13.8 Å². The fourth-order valence-corrected chi connectivity index (χ4v) is 5.34. The molecule has 178 valence electrons. The van der Waals surface area contributed by atoms with Crippen LogP contribution in [0.1, 0.15) is 22.3 Å². The van der Waals surface area contributed by atoms with Crippen LogP contribution in [0.5, 0.6) is 11.5 Å². The van der Waals surface area contributed by atoms with E-state index in [1.807, 2.05) is 18.2 Å². The van der Waals surface area contributed by atoms with Crippen molar-refractivity contribution in [3.8, 4) is 11.5 Å². The molecular formula is C33H26N2O2+2. The summed E-state index contributed by atoms with van der Waals surface area (Å²) in [5, 5.41) is 2.27. The van der Waals surface area contributed by atoms with Gasteiger partial charge in [-0.1, -0.05) is 81.9 Å². The molecule has 37 heavy (non-hydrogen) atoms. The van der Waals surface area contributed by atoms with Gasteiger partial charge in [0.2, 0.25) is 11.4 Å². The van der Waals surface area contributed by atoms with Gasteiger partial charge in [-0.2, -0.15) is 0 Å². The van der Waals surface area contributed by atoms with Crippen molar-refractivity contribution in [1.29, 1.82) is 0 Å². The van der Waals surface area contributed by atoms with Crippen LogP contribution in [-0.4, -0.2) is 27.6 Å². The van der Waals surface area contributed by atoms with E-state index in [0.717, 1.165) is 55.9 Å². The Bertz CT molecular complexity index is 1740. The number of hydrogen-bond acceptors (Lipinski definition) is 2. The van der Waals surface area contributed by atoms with E-state index < -0.39 is 6.03 Å². The largest absolute Gasteiger partial charge is 0.714 e. The molecular weight excluding hydrogens is 456 g/mol. The smallest absolute Gasteiger partial charge is 0.340 e. The maximum Gasteiger partial charge on any atom is 0.714 e. The Kier molecular flexibility index (Phi) is 4.76. The van der Waals surface area contributed by atoms with E-state index in [1.165, 1.54) is 0 Å². The number of nitrogens with zero attached hydrogens (tertiary/aromatic N) is 2. The average molecular weight is 483 g/mol. The van der Waals surface area contributed by atoms with E-state index in [4.69, 9.17) is 9.47 Å². The molecule has 0 saturated heterocycles. The van der Waals surface area contributed by atoms with Gasteiger partial charge in [0, 0.05) is 18.2 Å². The topological polar surface area (TPSA) is 24.5 Å². The van der Waals surface area contributed by atoms with E-state index in [2.05, 4.69) is 126 Å². The highest BCUT2D eigenvalue weighted by Gasteiger charge is 2.66. The van der Waals surface area contributed by atoms with Crippen LogP contribution in [0.4, 0.5) is 11.4 Å². The minimum Gasteiger partial charge on any atom is -0.340 e. The van der Waals surface area contributed by atoms with Crippen molar-refractivity contribution in [1.82, 2.24) is 0 Å². The van der Waals surface area contributed by atoms with Gasteiger partial charge in [0.25, 0.3) is 0 Å².